The Morgan fingerprint density at radius 2 is 1.83 bits per heavy atom. The average molecular weight is 245 g/mol. The van der Waals surface area contributed by atoms with Crippen molar-refractivity contribution in [2.45, 2.75) is 27.3 Å². The summed E-state index contributed by atoms with van der Waals surface area (Å²) in [6.45, 7) is 6.05. The van der Waals surface area contributed by atoms with Gasteiger partial charge in [-0.15, -0.1) is 0 Å². The number of aromatic nitrogens is 2. The molecular weight excluding hydrogens is 229 g/mol. The fourth-order valence-electron chi connectivity index (χ4n) is 1.85. The standard InChI is InChI=1S/C14H16FN3/c1-9-6-12(7-10(2)13(9)15)8-17-14-16-5-4-11(3)18-14/h4-7H,8H2,1-3H3,(H,16,17,18). The molecule has 0 bridgehead atoms. The third-order valence-electron chi connectivity index (χ3n) is 2.74. The molecule has 0 aliphatic heterocycles. The van der Waals surface area contributed by atoms with Crippen molar-refractivity contribution in [1.82, 2.24) is 9.97 Å². The molecule has 0 amide bonds. The van der Waals surface area contributed by atoms with E-state index < -0.39 is 0 Å². The van der Waals surface area contributed by atoms with Crippen LogP contribution < -0.4 is 5.32 Å². The number of hydrogen-bond donors (Lipinski definition) is 1. The van der Waals surface area contributed by atoms with Gasteiger partial charge in [0, 0.05) is 18.4 Å². The lowest BCUT2D eigenvalue weighted by molar-refractivity contribution is 0.608. The van der Waals surface area contributed by atoms with Gasteiger partial charge in [0.15, 0.2) is 0 Å². The maximum Gasteiger partial charge on any atom is 0.223 e. The molecule has 2 rings (SSSR count). The monoisotopic (exact) mass is 245 g/mol. The SMILES string of the molecule is Cc1ccnc(NCc2cc(C)c(F)c(C)c2)n1. The summed E-state index contributed by atoms with van der Waals surface area (Å²) in [5, 5.41) is 3.13. The number of nitrogens with one attached hydrogen (secondary N) is 1. The number of aryl methyl sites for hydroxylation is 3. The van der Waals surface area contributed by atoms with E-state index in [2.05, 4.69) is 15.3 Å². The van der Waals surface area contributed by atoms with Crippen LogP contribution in [0, 0.1) is 26.6 Å². The van der Waals surface area contributed by atoms with Gasteiger partial charge < -0.3 is 5.32 Å². The van der Waals surface area contributed by atoms with Crippen LogP contribution in [0.1, 0.15) is 22.4 Å². The van der Waals surface area contributed by atoms with Crippen LogP contribution in [0.3, 0.4) is 0 Å². The van der Waals surface area contributed by atoms with Crippen molar-refractivity contribution in [1.29, 1.82) is 0 Å². The molecule has 1 aromatic carbocycles. The van der Waals surface area contributed by atoms with Crippen LogP contribution in [-0.4, -0.2) is 9.97 Å². The third-order valence-corrected chi connectivity index (χ3v) is 2.74. The predicted molar refractivity (Wildman–Crippen MR) is 70.0 cm³/mol. The highest BCUT2D eigenvalue weighted by molar-refractivity contribution is 5.33. The molecule has 0 radical (unpaired) electrons. The highest BCUT2D eigenvalue weighted by Gasteiger charge is 2.04. The normalized spacial score (nSPS) is 10.4. The molecule has 1 N–H and O–H groups in total. The Balaban J connectivity index is 2.11. The summed E-state index contributed by atoms with van der Waals surface area (Å²) in [4.78, 5) is 8.38. The number of nitrogens with zero attached hydrogens (tertiary/aromatic N) is 2. The van der Waals surface area contributed by atoms with E-state index in [4.69, 9.17) is 0 Å². The van der Waals surface area contributed by atoms with Crippen LogP contribution >= 0.6 is 0 Å². The van der Waals surface area contributed by atoms with Gasteiger partial charge in [-0.1, -0.05) is 12.1 Å². The van der Waals surface area contributed by atoms with E-state index in [0.717, 1.165) is 11.3 Å². The lowest BCUT2D eigenvalue weighted by atomic mass is 10.1. The minimum Gasteiger partial charge on any atom is -0.350 e. The van der Waals surface area contributed by atoms with Gasteiger partial charge in [-0.25, -0.2) is 14.4 Å². The largest absolute Gasteiger partial charge is 0.350 e. The molecule has 1 heterocycles. The van der Waals surface area contributed by atoms with Gasteiger partial charge in [0.05, 0.1) is 0 Å². The molecule has 0 fully saturated rings. The first-order valence-corrected chi connectivity index (χ1v) is 5.85. The molecule has 3 nitrogen and oxygen atoms in total. The number of halogens is 1. The lowest BCUT2D eigenvalue weighted by Gasteiger charge is -2.08. The number of rotatable bonds is 3. The maximum atomic E-state index is 13.5. The second-order valence-corrected chi connectivity index (χ2v) is 4.42. The predicted octanol–water partition coefficient (Wildman–Crippen LogP) is 3.15. The molecule has 94 valence electrons. The van der Waals surface area contributed by atoms with Crippen LogP contribution in [-0.2, 0) is 6.54 Å². The first-order valence-electron chi connectivity index (χ1n) is 5.85. The molecule has 2 aromatic rings. The van der Waals surface area contributed by atoms with E-state index >= 15 is 0 Å². The van der Waals surface area contributed by atoms with Crippen molar-refractivity contribution < 1.29 is 4.39 Å². The Labute approximate surface area is 106 Å². The Morgan fingerprint density at radius 1 is 1.17 bits per heavy atom. The number of benzene rings is 1. The van der Waals surface area contributed by atoms with E-state index in [1.54, 1.807) is 20.0 Å². The van der Waals surface area contributed by atoms with Crippen LogP contribution in [0.15, 0.2) is 24.4 Å². The molecule has 18 heavy (non-hydrogen) atoms. The smallest absolute Gasteiger partial charge is 0.223 e. The molecule has 0 atom stereocenters. The fourth-order valence-corrected chi connectivity index (χ4v) is 1.85. The minimum atomic E-state index is -0.134. The second kappa shape index (κ2) is 5.12. The van der Waals surface area contributed by atoms with Gasteiger partial charge in [0.1, 0.15) is 5.82 Å². The Hall–Kier alpha value is -1.97. The van der Waals surface area contributed by atoms with Gasteiger partial charge in [-0.05, 0) is 43.5 Å². The van der Waals surface area contributed by atoms with Gasteiger partial charge in [0.2, 0.25) is 5.95 Å². The molecule has 0 saturated carbocycles. The van der Waals surface area contributed by atoms with Crippen LogP contribution in [0.25, 0.3) is 0 Å². The van der Waals surface area contributed by atoms with Gasteiger partial charge >= 0.3 is 0 Å². The first-order chi connectivity index (χ1) is 8.56. The zero-order chi connectivity index (χ0) is 13.1. The van der Waals surface area contributed by atoms with Crippen molar-refractivity contribution in [3.8, 4) is 0 Å². The first kappa shape index (κ1) is 12.5. The summed E-state index contributed by atoms with van der Waals surface area (Å²) in [5.74, 6) is 0.459. The molecular formula is C14H16FN3. The summed E-state index contributed by atoms with van der Waals surface area (Å²) in [6, 6.07) is 5.52. The molecule has 0 saturated heterocycles. The van der Waals surface area contributed by atoms with E-state index in [0.29, 0.717) is 23.6 Å². The van der Waals surface area contributed by atoms with Gasteiger partial charge in [-0.2, -0.15) is 0 Å². The fraction of sp³-hybridized carbons (Fsp3) is 0.286. The topological polar surface area (TPSA) is 37.8 Å². The van der Waals surface area contributed by atoms with Crippen LogP contribution in [0.5, 0.6) is 0 Å². The summed E-state index contributed by atoms with van der Waals surface area (Å²) in [6.07, 6.45) is 1.71. The zero-order valence-electron chi connectivity index (χ0n) is 10.8. The van der Waals surface area contributed by atoms with Crippen LogP contribution in [0.2, 0.25) is 0 Å². The van der Waals surface area contributed by atoms with E-state index in [1.807, 2.05) is 25.1 Å². The van der Waals surface area contributed by atoms with E-state index in [-0.39, 0.29) is 5.82 Å². The Bertz CT molecular complexity index is 544. The Kier molecular flexibility index (Phi) is 3.55. The van der Waals surface area contributed by atoms with Crippen LogP contribution in [0.4, 0.5) is 10.3 Å². The molecule has 1 aromatic heterocycles. The van der Waals surface area contributed by atoms with E-state index in [1.165, 1.54) is 0 Å². The molecule has 0 aliphatic carbocycles. The Morgan fingerprint density at radius 3 is 2.44 bits per heavy atom. The van der Waals surface area contributed by atoms with Crippen molar-refractivity contribution in [3.63, 3.8) is 0 Å². The highest BCUT2D eigenvalue weighted by atomic mass is 19.1. The molecule has 4 heteroatoms. The maximum absolute atomic E-state index is 13.5. The lowest BCUT2D eigenvalue weighted by Crippen LogP contribution is -2.05. The third kappa shape index (κ3) is 2.83. The van der Waals surface area contributed by atoms with Crippen molar-refractivity contribution in [3.05, 3.63) is 52.6 Å². The summed E-state index contributed by atoms with van der Waals surface area (Å²) >= 11 is 0. The van der Waals surface area contributed by atoms with Gasteiger partial charge in [0.25, 0.3) is 0 Å². The second-order valence-electron chi connectivity index (χ2n) is 4.42. The number of hydrogen-bond acceptors (Lipinski definition) is 3. The number of anilines is 1. The van der Waals surface area contributed by atoms with Crippen molar-refractivity contribution in [2.75, 3.05) is 5.32 Å². The highest BCUT2D eigenvalue weighted by Crippen LogP contribution is 2.15. The molecule has 0 aliphatic rings. The van der Waals surface area contributed by atoms with E-state index in [9.17, 15) is 4.39 Å². The minimum absolute atomic E-state index is 0.134. The zero-order valence-corrected chi connectivity index (χ0v) is 10.8. The van der Waals surface area contributed by atoms with Crippen molar-refractivity contribution in [2.24, 2.45) is 0 Å². The molecule has 0 unspecified atom stereocenters. The van der Waals surface area contributed by atoms with Crippen molar-refractivity contribution >= 4 is 5.95 Å². The quantitative estimate of drug-likeness (QED) is 0.902. The summed E-state index contributed by atoms with van der Waals surface area (Å²) in [5.41, 5.74) is 3.27. The summed E-state index contributed by atoms with van der Waals surface area (Å²) < 4.78 is 13.5. The molecule has 0 spiro atoms. The van der Waals surface area contributed by atoms with Gasteiger partial charge in [-0.3, -0.25) is 0 Å². The summed E-state index contributed by atoms with van der Waals surface area (Å²) in [7, 11) is 0. The average Bonchev–Trinajstić information content (AvgIpc) is 2.33.